The fourth-order valence-electron chi connectivity index (χ4n) is 2.31. The second-order valence-corrected chi connectivity index (χ2v) is 6.18. The maximum Gasteiger partial charge on any atom is 0.191 e. The van der Waals surface area contributed by atoms with Gasteiger partial charge < -0.3 is 20.1 Å². The minimum Gasteiger partial charge on any atom is -0.493 e. The fourth-order valence-corrected chi connectivity index (χ4v) is 2.31. The van der Waals surface area contributed by atoms with Gasteiger partial charge in [-0.3, -0.25) is 0 Å². The van der Waals surface area contributed by atoms with Gasteiger partial charge in [-0.1, -0.05) is 12.1 Å². The number of aliphatic imine (C=N–C) groups is 1. The molecule has 2 N–H and O–H groups in total. The number of nitrogens with one attached hydrogen (secondary N) is 2. The minimum absolute atomic E-state index is 0. The van der Waals surface area contributed by atoms with Crippen molar-refractivity contribution in [3.63, 3.8) is 0 Å². The van der Waals surface area contributed by atoms with Crippen LogP contribution in [-0.2, 0) is 11.3 Å². The quantitative estimate of drug-likeness (QED) is 0.243. The van der Waals surface area contributed by atoms with E-state index >= 15 is 0 Å². The van der Waals surface area contributed by atoms with Gasteiger partial charge in [0.2, 0.25) is 0 Å². The lowest BCUT2D eigenvalue weighted by molar-refractivity contribution is 0.152. The predicted molar refractivity (Wildman–Crippen MR) is 114 cm³/mol. The van der Waals surface area contributed by atoms with E-state index in [0.29, 0.717) is 13.2 Å². The molecule has 1 fully saturated rings. The lowest BCUT2D eigenvalue weighted by Gasteiger charge is -2.13. The van der Waals surface area contributed by atoms with Crippen molar-refractivity contribution in [2.24, 2.45) is 10.9 Å². The highest BCUT2D eigenvalue weighted by atomic mass is 127. The molecule has 0 bridgehead atoms. The molecule has 0 atom stereocenters. The highest BCUT2D eigenvalue weighted by Gasteiger charge is 2.22. The molecule has 1 aliphatic rings. The minimum atomic E-state index is 0. The van der Waals surface area contributed by atoms with Crippen LogP contribution in [0.4, 0.5) is 0 Å². The number of nitrogens with zero attached hydrogens (tertiary/aromatic N) is 1. The van der Waals surface area contributed by atoms with Crippen LogP contribution in [-0.4, -0.2) is 38.9 Å². The Bertz CT molecular complexity index is 533. The van der Waals surface area contributed by atoms with Crippen molar-refractivity contribution in [1.82, 2.24) is 10.6 Å². The molecule has 0 amide bonds. The molecule has 0 heterocycles. The summed E-state index contributed by atoms with van der Waals surface area (Å²) in [7, 11) is 0. The monoisotopic (exact) mass is 461 g/mol. The number of halogens is 1. The largest absolute Gasteiger partial charge is 0.493 e. The summed E-state index contributed by atoms with van der Waals surface area (Å²) in [4.78, 5) is 4.67. The molecule has 142 valence electrons. The molecule has 1 aromatic rings. The molecular weight excluding hydrogens is 429 g/mol. The number of hydrogen-bond acceptors (Lipinski definition) is 3. The van der Waals surface area contributed by atoms with E-state index in [2.05, 4.69) is 47.7 Å². The molecule has 0 radical (unpaired) electrons. The standard InChI is InChI=1S/C19H31N3O2.HI/c1-4-20-19(21-10-11-23-5-2)22-13-17-9-6-15(3)12-18(17)24-14-16-7-8-16;/h6,9,12,16H,4-5,7-8,10-11,13-14H2,1-3H3,(H2,20,21,22);1H. The Kier molecular flexibility index (Phi) is 10.9. The van der Waals surface area contributed by atoms with Crippen LogP contribution in [0.15, 0.2) is 23.2 Å². The zero-order valence-electron chi connectivity index (χ0n) is 15.6. The Hall–Kier alpha value is -1.02. The first kappa shape index (κ1) is 22.0. The van der Waals surface area contributed by atoms with Crippen molar-refractivity contribution in [3.05, 3.63) is 29.3 Å². The van der Waals surface area contributed by atoms with Crippen LogP contribution in [0, 0.1) is 12.8 Å². The van der Waals surface area contributed by atoms with E-state index in [1.807, 2.05) is 6.92 Å². The third-order valence-corrected chi connectivity index (χ3v) is 3.89. The molecule has 1 aliphatic carbocycles. The normalized spacial score (nSPS) is 14.0. The Labute approximate surface area is 169 Å². The van der Waals surface area contributed by atoms with Gasteiger partial charge in [-0.2, -0.15) is 0 Å². The van der Waals surface area contributed by atoms with Crippen molar-refractivity contribution in [3.8, 4) is 5.75 Å². The molecular formula is C19H32IN3O2. The first-order valence-corrected chi connectivity index (χ1v) is 9.05. The van der Waals surface area contributed by atoms with Crippen LogP contribution in [0.1, 0.15) is 37.8 Å². The van der Waals surface area contributed by atoms with Gasteiger partial charge in [-0.15, -0.1) is 24.0 Å². The molecule has 0 spiro atoms. The average Bonchev–Trinajstić information content (AvgIpc) is 3.40. The van der Waals surface area contributed by atoms with Gasteiger partial charge >= 0.3 is 0 Å². The summed E-state index contributed by atoms with van der Waals surface area (Å²) in [6, 6.07) is 6.35. The predicted octanol–water partition coefficient (Wildman–Crippen LogP) is 3.49. The molecule has 0 saturated heterocycles. The van der Waals surface area contributed by atoms with Crippen LogP contribution < -0.4 is 15.4 Å². The van der Waals surface area contributed by atoms with Gasteiger partial charge in [0, 0.05) is 25.3 Å². The average molecular weight is 461 g/mol. The lowest BCUT2D eigenvalue weighted by Crippen LogP contribution is -2.39. The summed E-state index contributed by atoms with van der Waals surface area (Å²) in [5.41, 5.74) is 2.35. The maximum absolute atomic E-state index is 6.02. The molecule has 6 heteroatoms. The van der Waals surface area contributed by atoms with Crippen molar-refractivity contribution >= 4 is 29.9 Å². The van der Waals surface area contributed by atoms with E-state index in [-0.39, 0.29) is 24.0 Å². The second kappa shape index (κ2) is 12.4. The Morgan fingerprint density at radius 2 is 2.04 bits per heavy atom. The molecule has 0 unspecified atom stereocenters. The van der Waals surface area contributed by atoms with E-state index < -0.39 is 0 Å². The molecule has 0 aromatic heterocycles. The van der Waals surface area contributed by atoms with E-state index in [1.54, 1.807) is 0 Å². The first-order chi connectivity index (χ1) is 11.7. The van der Waals surface area contributed by atoms with E-state index in [1.165, 1.54) is 18.4 Å². The van der Waals surface area contributed by atoms with Crippen LogP contribution >= 0.6 is 24.0 Å². The molecule has 1 aromatic carbocycles. The zero-order chi connectivity index (χ0) is 17.2. The molecule has 0 aliphatic heterocycles. The van der Waals surface area contributed by atoms with Crippen LogP contribution in [0.3, 0.4) is 0 Å². The number of benzene rings is 1. The topological polar surface area (TPSA) is 54.9 Å². The summed E-state index contributed by atoms with van der Waals surface area (Å²) in [5.74, 6) is 2.53. The number of ether oxygens (including phenoxy) is 2. The molecule has 2 rings (SSSR count). The summed E-state index contributed by atoms with van der Waals surface area (Å²) in [6.07, 6.45) is 2.60. The Balaban J connectivity index is 0.00000312. The van der Waals surface area contributed by atoms with E-state index in [9.17, 15) is 0 Å². The van der Waals surface area contributed by atoms with E-state index in [0.717, 1.165) is 49.5 Å². The van der Waals surface area contributed by atoms with Crippen LogP contribution in [0.5, 0.6) is 5.75 Å². The van der Waals surface area contributed by atoms with Crippen LogP contribution in [0.25, 0.3) is 0 Å². The smallest absolute Gasteiger partial charge is 0.191 e. The highest BCUT2D eigenvalue weighted by Crippen LogP contribution is 2.30. The summed E-state index contributed by atoms with van der Waals surface area (Å²) >= 11 is 0. The third kappa shape index (κ3) is 8.76. The maximum atomic E-state index is 6.02. The molecule has 1 saturated carbocycles. The summed E-state index contributed by atoms with van der Waals surface area (Å²) < 4.78 is 11.4. The molecule has 5 nitrogen and oxygen atoms in total. The SMILES string of the molecule is CCNC(=NCc1ccc(C)cc1OCC1CC1)NCCOCC.I. The number of rotatable bonds is 10. The summed E-state index contributed by atoms with van der Waals surface area (Å²) in [5, 5.41) is 6.55. The van der Waals surface area contributed by atoms with Crippen LogP contribution in [0.2, 0.25) is 0 Å². The van der Waals surface area contributed by atoms with Crippen molar-refractivity contribution in [2.45, 2.75) is 40.2 Å². The van der Waals surface area contributed by atoms with Gasteiger partial charge in [0.05, 0.1) is 19.8 Å². The fraction of sp³-hybridized carbons (Fsp3) is 0.632. The van der Waals surface area contributed by atoms with Gasteiger partial charge in [-0.25, -0.2) is 4.99 Å². The van der Waals surface area contributed by atoms with Crippen molar-refractivity contribution in [1.29, 1.82) is 0 Å². The Morgan fingerprint density at radius 3 is 2.72 bits per heavy atom. The first-order valence-electron chi connectivity index (χ1n) is 9.05. The number of hydrogen-bond donors (Lipinski definition) is 2. The van der Waals surface area contributed by atoms with Gasteiger partial charge in [0.25, 0.3) is 0 Å². The summed E-state index contributed by atoms with van der Waals surface area (Å²) in [6.45, 7) is 10.6. The highest BCUT2D eigenvalue weighted by molar-refractivity contribution is 14.0. The Morgan fingerprint density at radius 1 is 1.24 bits per heavy atom. The zero-order valence-corrected chi connectivity index (χ0v) is 18.0. The lowest BCUT2D eigenvalue weighted by atomic mass is 10.1. The van der Waals surface area contributed by atoms with Gasteiger partial charge in [-0.05, 0) is 51.2 Å². The number of guanidine groups is 1. The third-order valence-electron chi connectivity index (χ3n) is 3.89. The second-order valence-electron chi connectivity index (χ2n) is 6.18. The van der Waals surface area contributed by atoms with Gasteiger partial charge in [0.1, 0.15) is 5.75 Å². The number of aryl methyl sites for hydroxylation is 1. The van der Waals surface area contributed by atoms with Gasteiger partial charge in [0.15, 0.2) is 5.96 Å². The van der Waals surface area contributed by atoms with Crippen molar-refractivity contribution in [2.75, 3.05) is 32.9 Å². The van der Waals surface area contributed by atoms with E-state index in [4.69, 9.17) is 9.47 Å². The van der Waals surface area contributed by atoms with Crippen molar-refractivity contribution < 1.29 is 9.47 Å². The molecule has 25 heavy (non-hydrogen) atoms.